The topological polar surface area (TPSA) is 56.3 Å². The monoisotopic (exact) mass is 294 g/mol. The highest BCUT2D eigenvalue weighted by atomic mass is 16.5. The van der Waals surface area contributed by atoms with Crippen molar-refractivity contribution in [3.63, 3.8) is 0 Å². The molecule has 0 aromatic carbocycles. The molecule has 1 fully saturated rings. The highest BCUT2D eigenvalue weighted by Crippen LogP contribution is 2.32. The molecule has 2 rings (SSSR count). The molecule has 1 aliphatic heterocycles. The molecule has 2 unspecified atom stereocenters. The van der Waals surface area contributed by atoms with E-state index in [-0.39, 0.29) is 11.5 Å². The van der Waals surface area contributed by atoms with Gasteiger partial charge in [0.05, 0.1) is 17.8 Å². The molecule has 5 heteroatoms. The number of hydrogen-bond acceptors (Lipinski definition) is 4. The predicted molar refractivity (Wildman–Crippen MR) is 85.3 cm³/mol. The van der Waals surface area contributed by atoms with Crippen LogP contribution in [0, 0.1) is 0 Å². The van der Waals surface area contributed by atoms with Crippen molar-refractivity contribution in [2.75, 3.05) is 26.7 Å². The van der Waals surface area contributed by atoms with Crippen molar-refractivity contribution in [2.45, 2.75) is 51.2 Å². The lowest BCUT2D eigenvalue weighted by molar-refractivity contribution is 0.0152. The second-order valence-electron chi connectivity index (χ2n) is 7.10. The molecule has 0 amide bonds. The summed E-state index contributed by atoms with van der Waals surface area (Å²) in [6.45, 7) is 9.28. The molecule has 21 heavy (non-hydrogen) atoms. The van der Waals surface area contributed by atoms with Gasteiger partial charge in [0.25, 0.3) is 0 Å². The van der Waals surface area contributed by atoms with Crippen LogP contribution in [0.2, 0.25) is 0 Å². The first-order chi connectivity index (χ1) is 9.86. The first-order valence-electron chi connectivity index (χ1n) is 7.87. The van der Waals surface area contributed by atoms with Gasteiger partial charge in [0.2, 0.25) is 0 Å². The Morgan fingerprint density at radius 2 is 2.19 bits per heavy atom. The van der Waals surface area contributed by atoms with Crippen molar-refractivity contribution < 1.29 is 4.74 Å². The first kappa shape index (κ1) is 16.5. The fourth-order valence-electron chi connectivity index (χ4n) is 3.25. The highest BCUT2D eigenvalue weighted by molar-refractivity contribution is 5.28. The lowest BCUT2D eigenvalue weighted by Crippen LogP contribution is -2.44. The smallest absolute Gasteiger partial charge is 0.0726 e. The second kappa shape index (κ2) is 6.46. The SMILES string of the molecule is COC1CCCN(C(CN)c2cn(C)nc2C(C)(C)C)C1. The van der Waals surface area contributed by atoms with Crippen LogP contribution in [0.3, 0.4) is 0 Å². The standard InChI is InChI=1S/C16H30N4O/c1-16(2,3)15-13(11-19(4)18-15)14(9-17)20-8-6-7-12(10-20)21-5/h11-12,14H,6-10,17H2,1-5H3. The summed E-state index contributed by atoms with van der Waals surface area (Å²) < 4.78 is 7.46. The van der Waals surface area contributed by atoms with Crippen LogP contribution in [0.1, 0.15) is 50.9 Å². The molecule has 5 nitrogen and oxygen atoms in total. The Hall–Kier alpha value is -0.910. The van der Waals surface area contributed by atoms with E-state index in [0.29, 0.717) is 12.6 Å². The van der Waals surface area contributed by atoms with Gasteiger partial charge in [-0.05, 0) is 19.4 Å². The predicted octanol–water partition coefficient (Wildman–Crippen LogP) is 1.83. The van der Waals surface area contributed by atoms with Crippen LogP contribution in [-0.2, 0) is 17.2 Å². The van der Waals surface area contributed by atoms with Crippen molar-refractivity contribution in [1.82, 2.24) is 14.7 Å². The van der Waals surface area contributed by atoms with Gasteiger partial charge in [0.1, 0.15) is 0 Å². The zero-order chi connectivity index (χ0) is 15.6. The van der Waals surface area contributed by atoms with Crippen LogP contribution in [0.4, 0.5) is 0 Å². The number of nitrogens with zero attached hydrogens (tertiary/aromatic N) is 3. The molecule has 120 valence electrons. The average molecular weight is 294 g/mol. The third kappa shape index (κ3) is 3.65. The number of rotatable bonds is 4. The fourth-order valence-corrected chi connectivity index (χ4v) is 3.25. The summed E-state index contributed by atoms with van der Waals surface area (Å²) in [7, 11) is 3.79. The lowest BCUT2D eigenvalue weighted by atomic mass is 9.87. The summed E-state index contributed by atoms with van der Waals surface area (Å²) in [5.41, 5.74) is 8.57. The van der Waals surface area contributed by atoms with E-state index < -0.39 is 0 Å². The van der Waals surface area contributed by atoms with Crippen molar-refractivity contribution in [1.29, 1.82) is 0 Å². The molecule has 1 aliphatic rings. The Balaban J connectivity index is 2.29. The van der Waals surface area contributed by atoms with Crippen molar-refractivity contribution in [3.8, 4) is 0 Å². The maximum absolute atomic E-state index is 6.12. The summed E-state index contributed by atoms with van der Waals surface area (Å²) >= 11 is 0. The number of aromatic nitrogens is 2. The number of piperidine rings is 1. The largest absolute Gasteiger partial charge is 0.380 e. The van der Waals surface area contributed by atoms with Crippen molar-refractivity contribution in [3.05, 3.63) is 17.5 Å². The van der Waals surface area contributed by atoms with E-state index in [1.165, 1.54) is 12.0 Å². The van der Waals surface area contributed by atoms with E-state index in [9.17, 15) is 0 Å². The minimum atomic E-state index is 0.0282. The molecular weight excluding hydrogens is 264 g/mol. The van der Waals surface area contributed by atoms with Crippen molar-refractivity contribution in [2.24, 2.45) is 12.8 Å². The number of ether oxygens (including phenoxy) is 1. The van der Waals surface area contributed by atoms with Gasteiger partial charge in [-0.15, -0.1) is 0 Å². The third-order valence-electron chi connectivity index (χ3n) is 4.33. The molecule has 0 saturated carbocycles. The third-order valence-corrected chi connectivity index (χ3v) is 4.33. The van der Waals surface area contributed by atoms with Gasteiger partial charge in [-0.1, -0.05) is 20.8 Å². The average Bonchev–Trinajstić information content (AvgIpc) is 2.82. The van der Waals surface area contributed by atoms with Gasteiger partial charge in [0.15, 0.2) is 0 Å². The van der Waals surface area contributed by atoms with Crippen LogP contribution in [0.25, 0.3) is 0 Å². The van der Waals surface area contributed by atoms with E-state index >= 15 is 0 Å². The Kier molecular flexibility index (Phi) is 5.07. The molecule has 2 N–H and O–H groups in total. The fraction of sp³-hybridized carbons (Fsp3) is 0.812. The lowest BCUT2D eigenvalue weighted by Gasteiger charge is -2.38. The molecule has 0 radical (unpaired) electrons. The molecule has 0 bridgehead atoms. The normalized spacial score (nSPS) is 22.5. The number of likely N-dealkylation sites (tertiary alicyclic amines) is 1. The zero-order valence-electron chi connectivity index (χ0n) is 14.1. The van der Waals surface area contributed by atoms with Crippen LogP contribution in [0.15, 0.2) is 6.20 Å². The number of nitrogens with two attached hydrogens (primary N) is 1. The summed E-state index contributed by atoms with van der Waals surface area (Å²) in [4.78, 5) is 2.46. The number of hydrogen-bond donors (Lipinski definition) is 1. The molecule has 2 heterocycles. The molecular formula is C16H30N4O. The molecule has 0 aliphatic carbocycles. The van der Waals surface area contributed by atoms with Gasteiger partial charge < -0.3 is 10.5 Å². The Morgan fingerprint density at radius 3 is 2.76 bits per heavy atom. The Bertz CT molecular complexity index is 463. The molecule has 1 aromatic heterocycles. The van der Waals surface area contributed by atoms with E-state index in [1.807, 2.05) is 11.7 Å². The van der Waals surface area contributed by atoms with E-state index in [4.69, 9.17) is 10.5 Å². The number of methoxy groups -OCH3 is 1. The maximum Gasteiger partial charge on any atom is 0.0726 e. The van der Waals surface area contributed by atoms with Gasteiger partial charge in [-0.2, -0.15) is 5.10 Å². The maximum atomic E-state index is 6.12. The van der Waals surface area contributed by atoms with Crippen LogP contribution in [-0.4, -0.2) is 47.5 Å². The number of aryl methyl sites for hydroxylation is 1. The van der Waals surface area contributed by atoms with Crippen molar-refractivity contribution >= 4 is 0 Å². The quantitative estimate of drug-likeness (QED) is 0.920. The summed E-state index contributed by atoms with van der Waals surface area (Å²) in [6.07, 6.45) is 4.76. The van der Waals surface area contributed by atoms with Gasteiger partial charge in [0, 0.05) is 44.4 Å². The Morgan fingerprint density at radius 1 is 1.48 bits per heavy atom. The summed E-state index contributed by atoms with van der Waals surface area (Å²) in [6, 6.07) is 0.228. The molecule has 2 atom stereocenters. The van der Waals surface area contributed by atoms with E-state index in [0.717, 1.165) is 25.2 Å². The van der Waals surface area contributed by atoms with Crippen LogP contribution in [0.5, 0.6) is 0 Å². The highest BCUT2D eigenvalue weighted by Gasteiger charge is 2.31. The Labute approximate surface area is 128 Å². The van der Waals surface area contributed by atoms with E-state index in [1.54, 1.807) is 7.11 Å². The van der Waals surface area contributed by atoms with E-state index in [2.05, 4.69) is 37.0 Å². The summed E-state index contributed by atoms with van der Waals surface area (Å²) in [5.74, 6) is 0. The summed E-state index contributed by atoms with van der Waals surface area (Å²) in [5, 5.41) is 4.69. The van der Waals surface area contributed by atoms with Gasteiger partial charge in [-0.3, -0.25) is 9.58 Å². The first-order valence-corrected chi connectivity index (χ1v) is 7.87. The van der Waals surface area contributed by atoms with Crippen LogP contribution >= 0.6 is 0 Å². The van der Waals surface area contributed by atoms with Gasteiger partial charge >= 0.3 is 0 Å². The molecule has 1 aromatic rings. The van der Waals surface area contributed by atoms with Gasteiger partial charge in [-0.25, -0.2) is 0 Å². The second-order valence-corrected chi connectivity index (χ2v) is 7.10. The van der Waals surface area contributed by atoms with Crippen LogP contribution < -0.4 is 5.73 Å². The minimum Gasteiger partial charge on any atom is -0.380 e. The minimum absolute atomic E-state index is 0.0282. The molecule has 0 spiro atoms. The molecule has 1 saturated heterocycles. The zero-order valence-corrected chi connectivity index (χ0v) is 14.1.